The predicted octanol–water partition coefficient (Wildman–Crippen LogP) is 3.61. The summed E-state index contributed by atoms with van der Waals surface area (Å²) in [6, 6.07) is 2.71. The molecule has 0 aliphatic carbocycles. The van der Waals surface area contributed by atoms with E-state index >= 15 is 0 Å². The largest absolute Gasteiger partial charge is 0.382 e. The molecule has 0 bridgehead atoms. The minimum Gasteiger partial charge on any atom is -0.382 e. The highest BCUT2D eigenvalue weighted by Gasteiger charge is 2.45. The van der Waals surface area contributed by atoms with Crippen LogP contribution in [0.1, 0.15) is 57.9 Å². The van der Waals surface area contributed by atoms with Crippen LogP contribution in [0.5, 0.6) is 0 Å². The van der Waals surface area contributed by atoms with E-state index in [-0.39, 0.29) is 17.9 Å². The van der Waals surface area contributed by atoms with E-state index < -0.39 is 32.3 Å². The van der Waals surface area contributed by atoms with E-state index in [4.69, 9.17) is 0 Å². The zero-order valence-corrected chi connectivity index (χ0v) is 17.7. The molecule has 2 aromatic rings. The van der Waals surface area contributed by atoms with Gasteiger partial charge in [-0.1, -0.05) is 45.1 Å². The molecule has 2 rings (SSSR count). The van der Waals surface area contributed by atoms with Crippen LogP contribution in [0.4, 0.5) is 8.78 Å². The molecule has 0 radical (unpaired) electrons. The Kier molecular flexibility index (Phi) is 8.27. The topological polar surface area (TPSA) is 85.1 Å². The fraction of sp³-hybridized carbons (Fsp3) is 0.600. The summed E-state index contributed by atoms with van der Waals surface area (Å²) in [5, 5.41) is 13.9. The third-order valence-corrected chi connectivity index (χ3v) is 7.59. The van der Waals surface area contributed by atoms with Crippen molar-refractivity contribution in [3.63, 3.8) is 0 Å². The molecular formula is C20H29F2N3O3S. The van der Waals surface area contributed by atoms with Gasteiger partial charge in [0.2, 0.25) is 0 Å². The molecule has 1 aromatic carbocycles. The molecule has 0 amide bonds. The van der Waals surface area contributed by atoms with E-state index in [2.05, 4.69) is 17.0 Å². The number of hydrogen-bond acceptors (Lipinski definition) is 5. The van der Waals surface area contributed by atoms with E-state index in [9.17, 15) is 22.3 Å². The van der Waals surface area contributed by atoms with Crippen LogP contribution in [0.3, 0.4) is 0 Å². The third kappa shape index (κ3) is 6.05. The smallest absolute Gasteiger partial charge is 0.156 e. The van der Waals surface area contributed by atoms with Crippen LogP contribution in [0.15, 0.2) is 30.9 Å². The molecule has 1 aromatic heterocycles. The second-order valence-electron chi connectivity index (χ2n) is 7.42. The van der Waals surface area contributed by atoms with Crippen LogP contribution in [0, 0.1) is 11.6 Å². The molecule has 29 heavy (non-hydrogen) atoms. The summed E-state index contributed by atoms with van der Waals surface area (Å²) < 4.78 is 55.0. The summed E-state index contributed by atoms with van der Waals surface area (Å²) in [4.78, 5) is 3.78. The van der Waals surface area contributed by atoms with Gasteiger partial charge in [-0.3, -0.25) is 0 Å². The first kappa shape index (κ1) is 23.4. The fourth-order valence-electron chi connectivity index (χ4n) is 3.39. The molecule has 9 heteroatoms. The Labute approximate surface area is 170 Å². The zero-order valence-electron chi connectivity index (χ0n) is 16.9. The maximum Gasteiger partial charge on any atom is 0.156 e. The molecule has 1 heterocycles. The van der Waals surface area contributed by atoms with Gasteiger partial charge in [-0.15, -0.1) is 0 Å². The summed E-state index contributed by atoms with van der Waals surface area (Å²) in [6.45, 7) is 3.13. The van der Waals surface area contributed by atoms with Crippen molar-refractivity contribution < 1.29 is 22.3 Å². The Morgan fingerprint density at radius 2 is 1.86 bits per heavy atom. The predicted molar refractivity (Wildman–Crippen MR) is 107 cm³/mol. The minimum atomic E-state index is -3.76. The van der Waals surface area contributed by atoms with Crippen molar-refractivity contribution in [3.05, 3.63) is 48.1 Å². The lowest BCUT2D eigenvalue weighted by molar-refractivity contribution is 0.0110. The van der Waals surface area contributed by atoms with E-state index in [1.165, 1.54) is 24.3 Å². The number of hydrogen-bond donors (Lipinski definition) is 1. The second-order valence-corrected chi connectivity index (χ2v) is 9.86. The van der Waals surface area contributed by atoms with Crippen molar-refractivity contribution in [1.82, 2.24) is 14.8 Å². The van der Waals surface area contributed by atoms with E-state index in [0.29, 0.717) is 12.5 Å². The third-order valence-electron chi connectivity index (χ3n) is 5.26. The van der Waals surface area contributed by atoms with Crippen molar-refractivity contribution in [2.45, 2.75) is 69.8 Å². The molecular weight excluding hydrogens is 400 g/mol. The Morgan fingerprint density at radius 1 is 1.17 bits per heavy atom. The maximum atomic E-state index is 14.5. The van der Waals surface area contributed by atoms with Crippen molar-refractivity contribution in [3.8, 4) is 0 Å². The number of nitrogens with zero attached hydrogens (tertiary/aromatic N) is 3. The maximum absolute atomic E-state index is 14.5. The van der Waals surface area contributed by atoms with E-state index in [0.717, 1.165) is 44.2 Å². The molecule has 6 nitrogen and oxygen atoms in total. The van der Waals surface area contributed by atoms with Crippen LogP contribution >= 0.6 is 0 Å². The SMILES string of the molecule is CCCCCCCCS(=O)(=O)[C@H](C)[C@](O)(Cn1cncn1)c1ccc(F)cc1F. The molecule has 0 saturated carbocycles. The Morgan fingerprint density at radius 3 is 2.48 bits per heavy atom. The highest BCUT2D eigenvalue weighted by atomic mass is 32.2. The highest BCUT2D eigenvalue weighted by molar-refractivity contribution is 7.92. The number of aromatic nitrogens is 3. The van der Waals surface area contributed by atoms with Gasteiger partial charge in [-0.05, 0) is 19.4 Å². The number of halogens is 2. The first-order valence-corrected chi connectivity index (χ1v) is 11.6. The van der Waals surface area contributed by atoms with Gasteiger partial charge in [0.15, 0.2) is 9.84 Å². The molecule has 2 atom stereocenters. The van der Waals surface area contributed by atoms with Crippen LogP contribution < -0.4 is 0 Å². The van der Waals surface area contributed by atoms with Gasteiger partial charge in [0.05, 0.1) is 17.5 Å². The monoisotopic (exact) mass is 429 g/mol. The minimum absolute atomic E-state index is 0.108. The summed E-state index contributed by atoms with van der Waals surface area (Å²) in [7, 11) is -3.76. The van der Waals surface area contributed by atoms with E-state index in [1.54, 1.807) is 0 Å². The first-order chi connectivity index (χ1) is 13.7. The molecule has 0 aliphatic rings. The lowest BCUT2D eigenvalue weighted by Gasteiger charge is -2.34. The standard InChI is InChI=1S/C20H29F2N3O3S/c1-3-4-5-6-7-8-11-29(27,28)16(2)20(26,13-25-15-23-14-24-25)18-10-9-17(21)12-19(18)22/h9-10,12,14-16,26H,3-8,11,13H2,1-2H3/t16-,20-/m1/s1. The lowest BCUT2D eigenvalue weighted by Crippen LogP contribution is -2.47. The van der Waals surface area contributed by atoms with Gasteiger partial charge in [0.25, 0.3) is 0 Å². The Bertz CT molecular complexity index is 875. The normalized spacial score (nSPS) is 15.2. The van der Waals surface area contributed by atoms with Crippen LogP contribution in [0.25, 0.3) is 0 Å². The van der Waals surface area contributed by atoms with Gasteiger partial charge < -0.3 is 5.11 Å². The van der Waals surface area contributed by atoms with Gasteiger partial charge in [-0.2, -0.15) is 5.10 Å². The van der Waals surface area contributed by atoms with Crippen molar-refractivity contribution in [2.24, 2.45) is 0 Å². The molecule has 0 aliphatic heterocycles. The molecule has 0 fully saturated rings. The summed E-state index contributed by atoms with van der Waals surface area (Å²) >= 11 is 0. The molecule has 0 spiro atoms. The number of sulfone groups is 1. The fourth-order valence-corrected chi connectivity index (χ4v) is 5.15. The lowest BCUT2D eigenvalue weighted by atomic mass is 9.90. The quantitative estimate of drug-likeness (QED) is 0.521. The van der Waals surface area contributed by atoms with Crippen molar-refractivity contribution >= 4 is 9.84 Å². The summed E-state index contributed by atoms with van der Waals surface area (Å²) in [5.41, 5.74) is -2.42. The Balaban J connectivity index is 2.25. The van der Waals surface area contributed by atoms with Gasteiger partial charge in [0, 0.05) is 11.6 Å². The van der Waals surface area contributed by atoms with Crippen LogP contribution in [0.2, 0.25) is 0 Å². The highest BCUT2D eigenvalue weighted by Crippen LogP contribution is 2.34. The average molecular weight is 430 g/mol. The van der Waals surface area contributed by atoms with Gasteiger partial charge in [-0.25, -0.2) is 26.9 Å². The van der Waals surface area contributed by atoms with E-state index in [1.807, 2.05) is 0 Å². The Hall–Kier alpha value is -1.87. The molecule has 0 unspecified atom stereocenters. The second kappa shape index (κ2) is 10.2. The average Bonchev–Trinajstić information content (AvgIpc) is 3.16. The van der Waals surface area contributed by atoms with Crippen molar-refractivity contribution in [2.75, 3.05) is 5.75 Å². The summed E-state index contributed by atoms with van der Waals surface area (Å²) in [5.74, 6) is -1.92. The van der Waals surface area contributed by atoms with Crippen molar-refractivity contribution in [1.29, 1.82) is 0 Å². The number of rotatable bonds is 12. The number of benzene rings is 1. The molecule has 162 valence electrons. The van der Waals surface area contributed by atoms with Crippen LogP contribution in [-0.2, 0) is 22.0 Å². The number of unbranched alkanes of at least 4 members (excludes halogenated alkanes) is 5. The zero-order chi connectivity index (χ0) is 21.5. The van der Waals surface area contributed by atoms with Gasteiger partial charge >= 0.3 is 0 Å². The number of aliphatic hydroxyl groups is 1. The molecule has 1 N–H and O–H groups in total. The first-order valence-electron chi connectivity index (χ1n) is 9.92. The van der Waals surface area contributed by atoms with Crippen LogP contribution in [-0.4, -0.2) is 39.3 Å². The molecule has 0 saturated heterocycles. The van der Waals surface area contributed by atoms with Gasteiger partial charge in [0.1, 0.15) is 29.9 Å². The summed E-state index contributed by atoms with van der Waals surface area (Å²) in [6.07, 6.45) is 8.02.